The molecule has 1 unspecified atom stereocenters. The smallest absolute Gasteiger partial charge is 0.207 e. The minimum atomic E-state index is -0.0974. The van der Waals surface area contributed by atoms with Crippen LogP contribution in [0.25, 0.3) is 0 Å². The predicted octanol–water partition coefficient (Wildman–Crippen LogP) is 3.53. The van der Waals surface area contributed by atoms with Crippen molar-refractivity contribution in [3.05, 3.63) is 28.2 Å². The van der Waals surface area contributed by atoms with Crippen LogP contribution in [0.15, 0.2) is 18.2 Å². The van der Waals surface area contributed by atoms with Crippen molar-refractivity contribution in [1.82, 2.24) is 5.32 Å². The SMILES string of the molecule is CC(C)(C)C(COc1ccc(Cl)cc1Cl)NC=O. The summed E-state index contributed by atoms with van der Waals surface area (Å²) in [4.78, 5) is 10.6. The maximum Gasteiger partial charge on any atom is 0.207 e. The first-order chi connectivity index (χ1) is 8.34. The van der Waals surface area contributed by atoms with Crippen molar-refractivity contribution in [2.75, 3.05) is 6.61 Å². The summed E-state index contributed by atoms with van der Waals surface area (Å²) in [6.45, 7) is 6.44. The normalized spacial score (nSPS) is 12.9. The summed E-state index contributed by atoms with van der Waals surface area (Å²) in [5.41, 5.74) is -0.0974. The molecule has 0 aromatic heterocycles. The molecule has 0 aliphatic carbocycles. The first kappa shape index (κ1) is 15.1. The standard InChI is InChI=1S/C13H17Cl2NO2/c1-13(2,3)12(16-8-17)7-18-11-5-4-9(14)6-10(11)15/h4-6,8,12H,7H2,1-3H3,(H,16,17). The summed E-state index contributed by atoms with van der Waals surface area (Å²) in [5.74, 6) is 0.558. The van der Waals surface area contributed by atoms with Crippen LogP contribution in [0.4, 0.5) is 0 Å². The van der Waals surface area contributed by atoms with E-state index >= 15 is 0 Å². The van der Waals surface area contributed by atoms with Crippen LogP contribution in [-0.2, 0) is 4.79 Å². The van der Waals surface area contributed by atoms with Crippen molar-refractivity contribution in [1.29, 1.82) is 0 Å². The highest BCUT2D eigenvalue weighted by molar-refractivity contribution is 6.35. The Bertz CT molecular complexity index is 416. The fourth-order valence-electron chi connectivity index (χ4n) is 1.40. The third-order valence-electron chi connectivity index (χ3n) is 2.61. The van der Waals surface area contributed by atoms with Crippen LogP contribution in [0.3, 0.4) is 0 Å². The first-order valence-corrected chi connectivity index (χ1v) is 6.37. The van der Waals surface area contributed by atoms with E-state index in [0.29, 0.717) is 28.8 Å². The summed E-state index contributed by atoms with van der Waals surface area (Å²) >= 11 is 11.8. The highest BCUT2D eigenvalue weighted by Crippen LogP contribution is 2.28. The largest absolute Gasteiger partial charge is 0.490 e. The number of hydrogen-bond donors (Lipinski definition) is 1. The van der Waals surface area contributed by atoms with Crippen molar-refractivity contribution in [3.8, 4) is 5.75 Å². The van der Waals surface area contributed by atoms with Gasteiger partial charge in [0, 0.05) is 5.02 Å². The van der Waals surface area contributed by atoms with Gasteiger partial charge in [-0.25, -0.2) is 0 Å². The molecule has 1 N–H and O–H groups in total. The van der Waals surface area contributed by atoms with E-state index in [0.717, 1.165) is 0 Å². The van der Waals surface area contributed by atoms with Gasteiger partial charge in [-0.05, 0) is 23.6 Å². The van der Waals surface area contributed by atoms with E-state index < -0.39 is 0 Å². The second-order valence-electron chi connectivity index (χ2n) is 5.09. The van der Waals surface area contributed by atoms with E-state index in [1.165, 1.54) is 0 Å². The fraction of sp³-hybridized carbons (Fsp3) is 0.462. The second kappa shape index (κ2) is 6.30. The average molecular weight is 290 g/mol. The number of halogens is 2. The summed E-state index contributed by atoms with van der Waals surface area (Å²) < 4.78 is 5.62. The fourth-order valence-corrected chi connectivity index (χ4v) is 1.86. The van der Waals surface area contributed by atoms with E-state index in [9.17, 15) is 4.79 Å². The lowest BCUT2D eigenvalue weighted by atomic mass is 9.87. The molecule has 1 rings (SSSR count). The van der Waals surface area contributed by atoms with Crippen LogP contribution in [0.2, 0.25) is 10.0 Å². The van der Waals surface area contributed by atoms with E-state index in [4.69, 9.17) is 27.9 Å². The molecule has 5 heteroatoms. The molecule has 0 aliphatic heterocycles. The van der Waals surface area contributed by atoms with Crippen LogP contribution in [-0.4, -0.2) is 19.1 Å². The van der Waals surface area contributed by atoms with Gasteiger partial charge in [-0.1, -0.05) is 44.0 Å². The van der Waals surface area contributed by atoms with Gasteiger partial charge in [0.25, 0.3) is 0 Å². The molecule has 0 bridgehead atoms. The maximum atomic E-state index is 10.6. The molecule has 0 saturated heterocycles. The average Bonchev–Trinajstić information content (AvgIpc) is 2.24. The van der Waals surface area contributed by atoms with Gasteiger partial charge in [-0.15, -0.1) is 0 Å². The number of carbonyl (C=O) groups excluding carboxylic acids is 1. The molecule has 0 fully saturated rings. The van der Waals surface area contributed by atoms with E-state index in [1.54, 1.807) is 18.2 Å². The molecule has 0 saturated carbocycles. The first-order valence-electron chi connectivity index (χ1n) is 5.62. The topological polar surface area (TPSA) is 38.3 Å². The zero-order valence-electron chi connectivity index (χ0n) is 10.7. The summed E-state index contributed by atoms with van der Waals surface area (Å²) in [6, 6.07) is 4.95. The number of carbonyl (C=O) groups is 1. The zero-order valence-corrected chi connectivity index (χ0v) is 12.2. The number of nitrogens with one attached hydrogen (secondary N) is 1. The van der Waals surface area contributed by atoms with Crippen molar-refractivity contribution in [3.63, 3.8) is 0 Å². The maximum absolute atomic E-state index is 10.6. The van der Waals surface area contributed by atoms with Gasteiger partial charge in [-0.2, -0.15) is 0 Å². The van der Waals surface area contributed by atoms with Crippen molar-refractivity contribution < 1.29 is 9.53 Å². The van der Waals surface area contributed by atoms with Crippen LogP contribution < -0.4 is 10.1 Å². The van der Waals surface area contributed by atoms with E-state index in [1.807, 2.05) is 20.8 Å². The minimum Gasteiger partial charge on any atom is -0.490 e. The molecule has 0 spiro atoms. The van der Waals surface area contributed by atoms with Gasteiger partial charge in [0.1, 0.15) is 12.4 Å². The Morgan fingerprint density at radius 2 is 2.06 bits per heavy atom. The molecule has 3 nitrogen and oxygen atoms in total. The molecule has 100 valence electrons. The number of amides is 1. The van der Waals surface area contributed by atoms with Gasteiger partial charge >= 0.3 is 0 Å². The Kier molecular flexibility index (Phi) is 5.29. The van der Waals surface area contributed by atoms with Gasteiger partial charge in [0.05, 0.1) is 11.1 Å². The number of rotatable bonds is 5. The van der Waals surface area contributed by atoms with Gasteiger partial charge in [0.2, 0.25) is 6.41 Å². The summed E-state index contributed by atoms with van der Waals surface area (Å²) in [5, 5.41) is 3.77. The lowest BCUT2D eigenvalue weighted by Crippen LogP contribution is -2.44. The molecule has 1 aromatic carbocycles. The van der Waals surface area contributed by atoms with Gasteiger partial charge < -0.3 is 10.1 Å². The Morgan fingerprint density at radius 1 is 1.39 bits per heavy atom. The monoisotopic (exact) mass is 289 g/mol. The number of ether oxygens (including phenoxy) is 1. The molecular formula is C13H17Cl2NO2. The molecular weight excluding hydrogens is 273 g/mol. The Hall–Kier alpha value is -0.930. The highest BCUT2D eigenvalue weighted by Gasteiger charge is 2.24. The summed E-state index contributed by atoms with van der Waals surface area (Å²) in [7, 11) is 0. The van der Waals surface area contributed by atoms with E-state index in [2.05, 4.69) is 5.32 Å². The van der Waals surface area contributed by atoms with Gasteiger partial charge in [-0.3, -0.25) is 4.79 Å². The molecule has 1 aromatic rings. The molecule has 0 heterocycles. The number of hydrogen-bond acceptors (Lipinski definition) is 2. The molecule has 1 atom stereocenters. The highest BCUT2D eigenvalue weighted by atomic mass is 35.5. The lowest BCUT2D eigenvalue weighted by molar-refractivity contribution is -0.111. The van der Waals surface area contributed by atoms with Gasteiger partial charge in [0.15, 0.2) is 0 Å². The quantitative estimate of drug-likeness (QED) is 0.842. The number of benzene rings is 1. The minimum absolute atomic E-state index is 0.0956. The Labute approximate surface area is 117 Å². The van der Waals surface area contributed by atoms with Crippen molar-refractivity contribution >= 4 is 29.6 Å². The third-order valence-corrected chi connectivity index (χ3v) is 3.14. The molecule has 1 amide bonds. The van der Waals surface area contributed by atoms with Crippen LogP contribution in [0.1, 0.15) is 20.8 Å². The Morgan fingerprint density at radius 3 is 2.56 bits per heavy atom. The molecule has 0 aliphatic rings. The Balaban J connectivity index is 2.70. The zero-order chi connectivity index (χ0) is 13.8. The third kappa shape index (κ3) is 4.39. The lowest BCUT2D eigenvalue weighted by Gasteiger charge is -2.30. The summed E-state index contributed by atoms with van der Waals surface area (Å²) in [6.07, 6.45) is 0.683. The predicted molar refractivity (Wildman–Crippen MR) is 74.4 cm³/mol. The van der Waals surface area contributed by atoms with E-state index in [-0.39, 0.29) is 11.5 Å². The van der Waals surface area contributed by atoms with Crippen molar-refractivity contribution in [2.24, 2.45) is 5.41 Å². The van der Waals surface area contributed by atoms with Crippen LogP contribution in [0, 0.1) is 5.41 Å². The molecule has 0 radical (unpaired) electrons. The van der Waals surface area contributed by atoms with Crippen LogP contribution in [0.5, 0.6) is 5.75 Å². The molecule has 18 heavy (non-hydrogen) atoms. The van der Waals surface area contributed by atoms with Crippen LogP contribution >= 0.6 is 23.2 Å². The van der Waals surface area contributed by atoms with Crippen molar-refractivity contribution in [2.45, 2.75) is 26.8 Å². The second-order valence-corrected chi connectivity index (χ2v) is 5.93.